The van der Waals surface area contributed by atoms with Crippen LogP contribution in [0, 0.1) is 0 Å². The predicted octanol–water partition coefficient (Wildman–Crippen LogP) is 2.76. The molecular formula is C13H18ClNO3. The molecule has 0 radical (unpaired) electrons. The zero-order valence-corrected chi connectivity index (χ0v) is 11.6. The largest absolute Gasteiger partial charge is 0.493 e. The fourth-order valence-corrected chi connectivity index (χ4v) is 1.56. The SMILES string of the molecule is CC(CCOc1ccc(Cl)cc1C(=O)O)N(C)C. The van der Waals surface area contributed by atoms with Crippen LogP contribution < -0.4 is 4.74 Å². The number of halogens is 1. The van der Waals surface area contributed by atoms with E-state index in [0.29, 0.717) is 23.4 Å². The monoisotopic (exact) mass is 271 g/mol. The zero-order chi connectivity index (χ0) is 13.7. The van der Waals surface area contributed by atoms with E-state index in [1.807, 2.05) is 14.1 Å². The molecule has 100 valence electrons. The standard InChI is InChI=1S/C13H18ClNO3/c1-9(15(2)3)6-7-18-12-5-4-10(14)8-11(12)13(16)17/h4-5,8-9H,6-7H2,1-3H3,(H,16,17). The van der Waals surface area contributed by atoms with Crippen molar-refractivity contribution in [2.75, 3.05) is 20.7 Å². The molecule has 0 saturated carbocycles. The van der Waals surface area contributed by atoms with Crippen molar-refractivity contribution in [1.29, 1.82) is 0 Å². The Hall–Kier alpha value is -1.26. The van der Waals surface area contributed by atoms with Gasteiger partial charge in [0.25, 0.3) is 0 Å². The summed E-state index contributed by atoms with van der Waals surface area (Å²) < 4.78 is 5.51. The third-order valence-corrected chi connectivity index (χ3v) is 3.08. The molecule has 5 heteroatoms. The van der Waals surface area contributed by atoms with Crippen molar-refractivity contribution in [2.24, 2.45) is 0 Å². The lowest BCUT2D eigenvalue weighted by atomic mass is 10.2. The molecule has 0 aliphatic carbocycles. The van der Waals surface area contributed by atoms with Gasteiger partial charge in [0.05, 0.1) is 6.61 Å². The number of carbonyl (C=O) groups is 1. The van der Waals surface area contributed by atoms with Crippen molar-refractivity contribution in [3.05, 3.63) is 28.8 Å². The molecule has 0 bridgehead atoms. The Morgan fingerprint density at radius 2 is 2.17 bits per heavy atom. The number of nitrogens with zero attached hydrogens (tertiary/aromatic N) is 1. The Labute approximate surface area is 112 Å². The van der Waals surface area contributed by atoms with E-state index in [0.717, 1.165) is 6.42 Å². The first-order valence-electron chi connectivity index (χ1n) is 5.74. The quantitative estimate of drug-likeness (QED) is 0.864. The second-order valence-corrected chi connectivity index (χ2v) is 4.83. The molecule has 0 aliphatic heterocycles. The Balaban J connectivity index is 2.65. The van der Waals surface area contributed by atoms with Gasteiger partial charge < -0.3 is 14.7 Å². The summed E-state index contributed by atoms with van der Waals surface area (Å²) in [5, 5.41) is 9.43. The molecule has 0 saturated heterocycles. The van der Waals surface area contributed by atoms with Gasteiger partial charge in [-0.05, 0) is 45.6 Å². The van der Waals surface area contributed by atoms with Crippen LogP contribution in [0.25, 0.3) is 0 Å². The van der Waals surface area contributed by atoms with E-state index in [4.69, 9.17) is 21.4 Å². The smallest absolute Gasteiger partial charge is 0.339 e. The van der Waals surface area contributed by atoms with Gasteiger partial charge in [-0.15, -0.1) is 0 Å². The number of aromatic carboxylic acids is 1. The first-order valence-corrected chi connectivity index (χ1v) is 6.11. The number of carboxylic acid groups (broad SMARTS) is 1. The fraction of sp³-hybridized carbons (Fsp3) is 0.462. The number of hydrogen-bond acceptors (Lipinski definition) is 3. The van der Waals surface area contributed by atoms with Crippen molar-refractivity contribution in [2.45, 2.75) is 19.4 Å². The third kappa shape index (κ3) is 4.20. The number of carboxylic acids is 1. The molecule has 1 aromatic carbocycles. The van der Waals surface area contributed by atoms with Crippen LogP contribution in [0.1, 0.15) is 23.7 Å². The fourth-order valence-electron chi connectivity index (χ4n) is 1.39. The van der Waals surface area contributed by atoms with Crippen molar-refractivity contribution < 1.29 is 14.6 Å². The molecule has 0 fully saturated rings. The Morgan fingerprint density at radius 1 is 1.50 bits per heavy atom. The Morgan fingerprint density at radius 3 is 2.72 bits per heavy atom. The van der Waals surface area contributed by atoms with Crippen LogP contribution in [0.5, 0.6) is 5.75 Å². The number of hydrogen-bond donors (Lipinski definition) is 1. The van der Waals surface area contributed by atoms with Crippen LogP contribution in [0.15, 0.2) is 18.2 Å². The van der Waals surface area contributed by atoms with Crippen LogP contribution in [-0.4, -0.2) is 42.7 Å². The Kier molecular flexibility index (Phi) is 5.44. The average molecular weight is 272 g/mol. The molecule has 0 aliphatic rings. The number of benzene rings is 1. The lowest BCUT2D eigenvalue weighted by Crippen LogP contribution is -2.26. The average Bonchev–Trinajstić information content (AvgIpc) is 2.30. The van der Waals surface area contributed by atoms with Crippen LogP contribution in [0.4, 0.5) is 0 Å². The highest BCUT2D eigenvalue weighted by atomic mass is 35.5. The zero-order valence-electron chi connectivity index (χ0n) is 10.8. The van der Waals surface area contributed by atoms with Gasteiger partial charge >= 0.3 is 5.97 Å². The normalized spacial score (nSPS) is 12.5. The predicted molar refractivity (Wildman–Crippen MR) is 71.7 cm³/mol. The first kappa shape index (κ1) is 14.8. The van der Waals surface area contributed by atoms with Gasteiger partial charge in [-0.1, -0.05) is 11.6 Å². The summed E-state index contributed by atoms with van der Waals surface area (Å²) in [6.07, 6.45) is 0.828. The molecular weight excluding hydrogens is 254 g/mol. The molecule has 4 nitrogen and oxygen atoms in total. The summed E-state index contributed by atoms with van der Waals surface area (Å²) in [5.74, 6) is -0.675. The van der Waals surface area contributed by atoms with Gasteiger partial charge in [0.15, 0.2) is 0 Å². The highest BCUT2D eigenvalue weighted by molar-refractivity contribution is 6.31. The van der Waals surface area contributed by atoms with E-state index in [9.17, 15) is 4.79 Å². The number of rotatable bonds is 6. The minimum absolute atomic E-state index is 0.0972. The molecule has 1 rings (SSSR count). The number of ether oxygens (including phenoxy) is 1. The maximum atomic E-state index is 11.0. The maximum absolute atomic E-state index is 11.0. The minimum Gasteiger partial charge on any atom is -0.493 e. The molecule has 0 spiro atoms. The molecule has 1 unspecified atom stereocenters. The third-order valence-electron chi connectivity index (χ3n) is 2.85. The maximum Gasteiger partial charge on any atom is 0.339 e. The highest BCUT2D eigenvalue weighted by Gasteiger charge is 2.12. The van der Waals surface area contributed by atoms with Gasteiger partial charge in [0.2, 0.25) is 0 Å². The van der Waals surface area contributed by atoms with Gasteiger partial charge in [-0.25, -0.2) is 4.79 Å². The van der Waals surface area contributed by atoms with E-state index in [2.05, 4.69) is 11.8 Å². The van der Waals surface area contributed by atoms with E-state index >= 15 is 0 Å². The second kappa shape index (κ2) is 6.61. The highest BCUT2D eigenvalue weighted by Crippen LogP contribution is 2.23. The molecule has 0 amide bonds. The van der Waals surface area contributed by atoms with Crippen LogP contribution >= 0.6 is 11.6 Å². The molecule has 1 aromatic rings. The molecule has 1 N–H and O–H groups in total. The van der Waals surface area contributed by atoms with E-state index in [-0.39, 0.29) is 5.56 Å². The lowest BCUT2D eigenvalue weighted by molar-refractivity contribution is 0.0692. The van der Waals surface area contributed by atoms with Crippen LogP contribution in [0.3, 0.4) is 0 Å². The molecule has 0 heterocycles. The van der Waals surface area contributed by atoms with E-state index < -0.39 is 5.97 Å². The Bertz CT molecular complexity index is 421. The molecule has 1 atom stereocenters. The van der Waals surface area contributed by atoms with Crippen molar-refractivity contribution in [3.8, 4) is 5.75 Å². The van der Waals surface area contributed by atoms with E-state index in [1.54, 1.807) is 12.1 Å². The van der Waals surface area contributed by atoms with Crippen molar-refractivity contribution in [1.82, 2.24) is 4.90 Å². The topological polar surface area (TPSA) is 49.8 Å². The van der Waals surface area contributed by atoms with Crippen LogP contribution in [-0.2, 0) is 0 Å². The van der Waals surface area contributed by atoms with Crippen molar-refractivity contribution >= 4 is 17.6 Å². The van der Waals surface area contributed by atoms with Gasteiger partial charge in [0.1, 0.15) is 11.3 Å². The van der Waals surface area contributed by atoms with Crippen LogP contribution in [0.2, 0.25) is 5.02 Å². The van der Waals surface area contributed by atoms with Crippen molar-refractivity contribution in [3.63, 3.8) is 0 Å². The summed E-state index contributed by atoms with van der Waals surface area (Å²) in [6, 6.07) is 4.99. The summed E-state index contributed by atoms with van der Waals surface area (Å²) in [6.45, 7) is 2.56. The van der Waals surface area contributed by atoms with Gasteiger partial charge in [0, 0.05) is 11.1 Å². The first-order chi connectivity index (χ1) is 8.41. The summed E-state index contributed by atoms with van der Waals surface area (Å²) >= 11 is 5.76. The van der Waals surface area contributed by atoms with Gasteiger partial charge in [-0.3, -0.25) is 0 Å². The molecule has 18 heavy (non-hydrogen) atoms. The molecule has 0 aromatic heterocycles. The minimum atomic E-state index is -1.03. The lowest BCUT2D eigenvalue weighted by Gasteiger charge is -2.19. The van der Waals surface area contributed by atoms with E-state index in [1.165, 1.54) is 6.07 Å². The summed E-state index contributed by atoms with van der Waals surface area (Å²) in [4.78, 5) is 13.1. The van der Waals surface area contributed by atoms with Gasteiger partial charge in [-0.2, -0.15) is 0 Å². The summed E-state index contributed by atoms with van der Waals surface area (Å²) in [7, 11) is 3.99. The summed E-state index contributed by atoms with van der Waals surface area (Å²) in [5.41, 5.74) is 0.0972. The second-order valence-electron chi connectivity index (χ2n) is 4.40.